The Morgan fingerprint density at radius 2 is 2.25 bits per heavy atom. The van der Waals surface area contributed by atoms with Crippen molar-refractivity contribution in [1.29, 1.82) is 5.26 Å². The zero-order chi connectivity index (χ0) is 14.8. The Bertz CT molecular complexity index is 545. The number of carbonyl (C=O) groups is 1. The van der Waals surface area contributed by atoms with E-state index in [1.807, 2.05) is 6.92 Å². The second-order valence-corrected chi connectivity index (χ2v) is 5.97. The molecule has 1 aliphatic rings. The Kier molecular flexibility index (Phi) is 4.10. The lowest BCUT2D eigenvalue weighted by atomic mass is 10.0. The molecule has 0 spiro atoms. The van der Waals surface area contributed by atoms with E-state index in [2.05, 4.69) is 30.1 Å². The van der Waals surface area contributed by atoms with E-state index >= 15 is 0 Å². The Morgan fingerprint density at radius 3 is 2.85 bits per heavy atom. The molecular weight excluding hydrogens is 250 g/mol. The molecule has 1 saturated heterocycles. The highest BCUT2D eigenvalue weighted by Gasteiger charge is 2.37. The smallest absolute Gasteiger partial charge is 0.241 e. The normalized spacial score (nSPS) is 19.3. The molecule has 1 fully saturated rings. The number of anilines is 1. The molecular formula is C16H21N3O. The average Bonchev–Trinajstić information content (AvgIpc) is 2.77. The van der Waals surface area contributed by atoms with Crippen LogP contribution in [0, 0.1) is 11.3 Å². The third kappa shape index (κ3) is 3.00. The molecule has 0 bridgehead atoms. The maximum absolute atomic E-state index is 12.4. The van der Waals surface area contributed by atoms with Crippen LogP contribution in [0.4, 0.5) is 5.69 Å². The van der Waals surface area contributed by atoms with Crippen LogP contribution in [0.3, 0.4) is 0 Å². The lowest BCUT2D eigenvalue weighted by Crippen LogP contribution is -2.49. The van der Waals surface area contributed by atoms with Gasteiger partial charge in [-0.3, -0.25) is 9.69 Å². The van der Waals surface area contributed by atoms with Gasteiger partial charge in [0.15, 0.2) is 0 Å². The highest BCUT2D eigenvalue weighted by Crippen LogP contribution is 2.30. The van der Waals surface area contributed by atoms with Gasteiger partial charge in [-0.05, 0) is 58.4 Å². The van der Waals surface area contributed by atoms with E-state index in [4.69, 9.17) is 5.26 Å². The van der Waals surface area contributed by atoms with E-state index in [1.165, 1.54) is 0 Å². The number of benzene rings is 1. The highest BCUT2D eigenvalue weighted by molar-refractivity contribution is 5.94. The van der Waals surface area contributed by atoms with Crippen LogP contribution in [0.2, 0.25) is 0 Å². The van der Waals surface area contributed by atoms with Gasteiger partial charge in [0.05, 0.1) is 17.7 Å². The first-order valence-corrected chi connectivity index (χ1v) is 7.02. The fourth-order valence-corrected chi connectivity index (χ4v) is 2.90. The van der Waals surface area contributed by atoms with Gasteiger partial charge in [-0.15, -0.1) is 0 Å². The zero-order valence-electron chi connectivity index (χ0n) is 12.3. The Hall–Kier alpha value is -1.86. The lowest BCUT2D eigenvalue weighted by molar-refractivity contribution is -0.122. The molecule has 0 aromatic heterocycles. The fourth-order valence-electron chi connectivity index (χ4n) is 2.90. The summed E-state index contributed by atoms with van der Waals surface area (Å²) in [6.07, 6.45) is 2.25. The number of likely N-dealkylation sites (tertiary alicyclic amines) is 1. The van der Waals surface area contributed by atoms with Crippen molar-refractivity contribution in [3.63, 3.8) is 0 Å². The third-order valence-corrected chi connectivity index (χ3v) is 4.07. The zero-order valence-corrected chi connectivity index (χ0v) is 12.3. The lowest BCUT2D eigenvalue weighted by Gasteiger charge is -2.35. The molecule has 1 aliphatic heterocycles. The molecule has 1 unspecified atom stereocenters. The van der Waals surface area contributed by atoms with E-state index in [-0.39, 0.29) is 17.5 Å². The summed E-state index contributed by atoms with van der Waals surface area (Å²) >= 11 is 0. The van der Waals surface area contributed by atoms with Crippen molar-refractivity contribution in [3.05, 3.63) is 29.8 Å². The second kappa shape index (κ2) is 5.64. The standard InChI is InChI=1S/C16H21N3O/c1-12(19-9-5-8-16(19,2)3)15(20)18-14-7-4-6-13(10-14)11-17/h4,6-7,10,12H,5,8-9H2,1-3H3,(H,18,20). The number of nitrogens with zero attached hydrogens (tertiary/aromatic N) is 2. The van der Waals surface area contributed by atoms with Crippen LogP contribution in [0.5, 0.6) is 0 Å². The summed E-state index contributed by atoms with van der Waals surface area (Å²) in [6.45, 7) is 7.26. The Morgan fingerprint density at radius 1 is 1.50 bits per heavy atom. The van der Waals surface area contributed by atoms with Crippen LogP contribution < -0.4 is 5.32 Å². The van der Waals surface area contributed by atoms with Crippen LogP contribution in [0.15, 0.2) is 24.3 Å². The molecule has 20 heavy (non-hydrogen) atoms. The minimum absolute atomic E-state index is 0.0185. The monoisotopic (exact) mass is 271 g/mol. The number of carbonyl (C=O) groups excluding carboxylic acids is 1. The Labute approximate surface area is 120 Å². The first-order chi connectivity index (χ1) is 9.44. The van der Waals surface area contributed by atoms with Crippen molar-refractivity contribution in [1.82, 2.24) is 4.90 Å². The molecule has 1 atom stereocenters. The van der Waals surface area contributed by atoms with Gasteiger partial charge in [0.25, 0.3) is 0 Å². The third-order valence-electron chi connectivity index (χ3n) is 4.07. The van der Waals surface area contributed by atoms with Gasteiger partial charge < -0.3 is 5.32 Å². The number of hydrogen-bond acceptors (Lipinski definition) is 3. The molecule has 4 heteroatoms. The molecule has 1 aromatic rings. The van der Waals surface area contributed by atoms with E-state index in [0.29, 0.717) is 11.3 Å². The first-order valence-electron chi connectivity index (χ1n) is 7.02. The van der Waals surface area contributed by atoms with Crippen molar-refractivity contribution in [2.75, 3.05) is 11.9 Å². The molecule has 106 valence electrons. The van der Waals surface area contributed by atoms with Gasteiger partial charge in [0, 0.05) is 11.2 Å². The summed E-state index contributed by atoms with van der Waals surface area (Å²) in [4.78, 5) is 14.6. The second-order valence-electron chi connectivity index (χ2n) is 5.97. The SMILES string of the molecule is CC(C(=O)Nc1cccc(C#N)c1)N1CCCC1(C)C. The quantitative estimate of drug-likeness (QED) is 0.919. The van der Waals surface area contributed by atoms with Gasteiger partial charge in [0.2, 0.25) is 5.91 Å². The van der Waals surface area contributed by atoms with Gasteiger partial charge in [0.1, 0.15) is 0 Å². The van der Waals surface area contributed by atoms with E-state index < -0.39 is 0 Å². The van der Waals surface area contributed by atoms with Gasteiger partial charge in [-0.1, -0.05) is 6.07 Å². The van der Waals surface area contributed by atoms with E-state index in [9.17, 15) is 4.79 Å². The van der Waals surface area contributed by atoms with Crippen molar-refractivity contribution in [2.24, 2.45) is 0 Å². The average molecular weight is 271 g/mol. The Balaban J connectivity index is 2.06. The maximum atomic E-state index is 12.4. The van der Waals surface area contributed by atoms with E-state index in [1.54, 1.807) is 24.3 Å². The maximum Gasteiger partial charge on any atom is 0.241 e. The van der Waals surface area contributed by atoms with Crippen molar-refractivity contribution >= 4 is 11.6 Å². The first kappa shape index (κ1) is 14.5. The fraction of sp³-hybridized carbons (Fsp3) is 0.500. The summed E-state index contributed by atoms with van der Waals surface area (Å²) in [5.74, 6) is -0.0185. The predicted molar refractivity (Wildman–Crippen MR) is 79.3 cm³/mol. The number of nitriles is 1. The number of rotatable bonds is 3. The topological polar surface area (TPSA) is 56.1 Å². The molecule has 1 heterocycles. The molecule has 4 nitrogen and oxygen atoms in total. The molecule has 0 saturated carbocycles. The summed E-state index contributed by atoms with van der Waals surface area (Å²) in [5, 5.41) is 11.8. The van der Waals surface area contributed by atoms with Gasteiger partial charge in [-0.2, -0.15) is 5.26 Å². The molecule has 0 radical (unpaired) electrons. The minimum Gasteiger partial charge on any atom is -0.325 e. The molecule has 2 rings (SSSR count). The van der Waals surface area contributed by atoms with Crippen LogP contribution in [0.25, 0.3) is 0 Å². The summed E-state index contributed by atoms with van der Waals surface area (Å²) in [5.41, 5.74) is 1.31. The molecule has 1 N–H and O–H groups in total. The summed E-state index contributed by atoms with van der Waals surface area (Å²) in [6, 6.07) is 8.91. The number of nitrogens with one attached hydrogen (secondary N) is 1. The largest absolute Gasteiger partial charge is 0.325 e. The van der Waals surface area contributed by atoms with Crippen molar-refractivity contribution in [3.8, 4) is 6.07 Å². The van der Waals surface area contributed by atoms with Gasteiger partial charge in [-0.25, -0.2) is 0 Å². The predicted octanol–water partition coefficient (Wildman–Crippen LogP) is 2.76. The van der Waals surface area contributed by atoms with Crippen LogP contribution in [-0.2, 0) is 4.79 Å². The molecule has 0 aliphatic carbocycles. The number of hydrogen-bond donors (Lipinski definition) is 1. The molecule has 1 amide bonds. The van der Waals surface area contributed by atoms with E-state index in [0.717, 1.165) is 19.4 Å². The van der Waals surface area contributed by atoms with Crippen molar-refractivity contribution in [2.45, 2.75) is 45.2 Å². The molecule has 1 aromatic carbocycles. The summed E-state index contributed by atoms with van der Waals surface area (Å²) < 4.78 is 0. The van der Waals surface area contributed by atoms with Crippen LogP contribution >= 0.6 is 0 Å². The highest BCUT2D eigenvalue weighted by atomic mass is 16.2. The van der Waals surface area contributed by atoms with Gasteiger partial charge >= 0.3 is 0 Å². The number of amides is 1. The van der Waals surface area contributed by atoms with Crippen molar-refractivity contribution < 1.29 is 4.79 Å². The minimum atomic E-state index is -0.168. The van der Waals surface area contributed by atoms with Crippen LogP contribution in [0.1, 0.15) is 39.2 Å². The summed E-state index contributed by atoms with van der Waals surface area (Å²) in [7, 11) is 0. The van der Waals surface area contributed by atoms with Crippen LogP contribution in [-0.4, -0.2) is 28.9 Å².